The van der Waals surface area contributed by atoms with Crippen molar-refractivity contribution in [3.8, 4) is 0 Å². The van der Waals surface area contributed by atoms with Gasteiger partial charge in [0.05, 0.1) is 19.3 Å². The molecule has 6 heteroatoms. The molecule has 2 N–H and O–H groups in total. The minimum atomic E-state index is -2.50. The molecule has 1 aromatic rings. The van der Waals surface area contributed by atoms with Gasteiger partial charge in [0.15, 0.2) is 0 Å². The van der Waals surface area contributed by atoms with E-state index in [9.17, 15) is 13.9 Å². The second kappa shape index (κ2) is 7.01. The van der Waals surface area contributed by atoms with Crippen molar-refractivity contribution >= 4 is 21.6 Å². The van der Waals surface area contributed by atoms with Gasteiger partial charge in [-0.3, -0.25) is 0 Å². The smallest absolute Gasteiger partial charge is 0.255 e. The molecule has 1 unspecified atom stereocenters. The van der Waals surface area contributed by atoms with Crippen LogP contribution in [0.4, 0.5) is 14.5 Å². The molecule has 1 rings (SSSR count). The Labute approximate surface area is 113 Å². The quantitative estimate of drug-likeness (QED) is 0.845. The summed E-state index contributed by atoms with van der Waals surface area (Å²) in [6.45, 7) is 0.974. The normalized spacial score (nSPS) is 12.8. The van der Waals surface area contributed by atoms with Crippen molar-refractivity contribution in [1.82, 2.24) is 0 Å². The Kier molecular flexibility index (Phi) is 5.98. The van der Waals surface area contributed by atoms with Crippen LogP contribution in [0, 0.1) is 0 Å². The number of benzene rings is 1. The molecule has 1 atom stereocenters. The number of hydrogen-bond acceptors (Lipinski definition) is 3. The van der Waals surface area contributed by atoms with E-state index in [0.29, 0.717) is 11.3 Å². The number of aliphatic hydroxyl groups is 2. The Balaban J connectivity index is 3.11. The first-order valence-electron chi connectivity index (χ1n) is 5.57. The SMILES string of the molecule is CC(O)c1ccc(Br)cc1N(CCO)CC(F)F. The Bertz CT molecular complexity index is 388. The minimum Gasteiger partial charge on any atom is -0.395 e. The number of anilines is 1. The van der Waals surface area contributed by atoms with Crippen LogP contribution in [0.1, 0.15) is 18.6 Å². The van der Waals surface area contributed by atoms with E-state index in [2.05, 4.69) is 15.9 Å². The van der Waals surface area contributed by atoms with Crippen LogP contribution in [0.3, 0.4) is 0 Å². The molecule has 1 aromatic carbocycles. The standard InChI is InChI=1S/C12H16BrF2NO2/c1-8(18)10-3-2-9(13)6-11(10)16(4-5-17)7-12(14)15/h2-3,6,8,12,17-18H,4-5,7H2,1H3. The molecule has 0 saturated carbocycles. The molecule has 0 amide bonds. The van der Waals surface area contributed by atoms with E-state index in [1.807, 2.05) is 0 Å². The van der Waals surface area contributed by atoms with Gasteiger partial charge in [0, 0.05) is 22.3 Å². The highest BCUT2D eigenvalue weighted by Crippen LogP contribution is 2.30. The fourth-order valence-corrected chi connectivity index (χ4v) is 2.09. The highest BCUT2D eigenvalue weighted by molar-refractivity contribution is 9.10. The monoisotopic (exact) mass is 323 g/mol. The van der Waals surface area contributed by atoms with Gasteiger partial charge in [0.2, 0.25) is 0 Å². The number of hydrogen-bond donors (Lipinski definition) is 2. The lowest BCUT2D eigenvalue weighted by Gasteiger charge is -2.27. The van der Waals surface area contributed by atoms with Gasteiger partial charge in [-0.25, -0.2) is 8.78 Å². The molecule has 0 heterocycles. The number of nitrogens with zero attached hydrogens (tertiary/aromatic N) is 1. The average Bonchev–Trinajstić information content (AvgIpc) is 2.27. The summed E-state index contributed by atoms with van der Waals surface area (Å²) in [5, 5.41) is 18.6. The van der Waals surface area contributed by atoms with Gasteiger partial charge in [-0.05, 0) is 19.1 Å². The summed E-state index contributed by atoms with van der Waals surface area (Å²) in [5.74, 6) is 0. The van der Waals surface area contributed by atoms with Crippen molar-refractivity contribution in [2.24, 2.45) is 0 Å². The van der Waals surface area contributed by atoms with Gasteiger partial charge in [-0.1, -0.05) is 22.0 Å². The second-order valence-electron chi connectivity index (χ2n) is 3.94. The number of aliphatic hydroxyl groups excluding tert-OH is 2. The van der Waals surface area contributed by atoms with Crippen LogP contribution in [0.25, 0.3) is 0 Å². The predicted molar refractivity (Wildman–Crippen MR) is 70.1 cm³/mol. The van der Waals surface area contributed by atoms with E-state index in [1.54, 1.807) is 25.1 Å². The molecule has 0 spiro atoms. The van der Waals surface area contributed by atoms with E-state index in [4.69, 9.17) is 5.11 Å². The Hall–Kier alpha value is -0.720. The van der Waals surface area contributed by atoms with Crippen LogP contribution in [0.2, 0.25) is 0 Å². The minimum absolute atomic E-state index is 0.0977. The molecule has 0 bridgehead atoms. The molecule has 0 fully saturated rings. The molecule has 102 valence electrons. The number of alkyl halides is 2. The van der Waals surface area contributed by atoms with E-state index in [-0.39, 0.29) is 13.2 Å². The summed E-state index contributed by atoms with van der Waals surface area (Å²) in [6, 6.07) is 5.09. The van der Waals surface area contributed by atoms with Crippen LogP contribution >= 0.6 is 15.9 Å². The Morgan fingerprint density at radius 1 is 1.39 bits per heavy atom. The third-order valence-electron chi connectivity index (χ3n) is 2.51. The summed E-state index contributed by atoms with van der Waals surface area (Å²) >= 11 is 3.27. The van der Waals surface area contributed by atoms with Crippen molar-refractivity contribution in [3.05, 3.63) is 28.2 Å². The Morgan fingerprint density at radius 2 is 2.06 bits per heavy atom. The molecule has 18 heavy (non-hydrogen) atoms. The molecule has 0 aliphatic rings. The van der Waals surface area contributed by atoms with E-state index < -0.39 is 19.1 Å². The molecule has 0 aliphatic heterocycles. The van der Waals surface area contributed by atoms with E-state index >= 15 is 0 Å². The highest BCUT2D eigenvalue weighted by Gasteiger charge is 2.18. The fraction of sp³-hybridized carbons (Fsp3) is 0.500. The zero-order valence-electron chi connectivity index (χ0n) is 9.98. The number of rotatable bonds is 6. The molecule has 3 nitrogen and oxygen atoms in total. The van der Waals surface area contributed by atoms with Gasteiger partial charge in [0.25, 0.3) is 6.43 Å². The van der Waals surface area contributed by atoms with Gasteiger partial charge >= 0.3 is 0 Å². The highest BCUT2D eigenvalue weighted by atomic mass is 79.9. The third-order valence-corrected chi connectivity index (χ3v) is 3.00. The molecule has 0 aromatic heterocycles. The number of halogens is 3. The van der Waals surface area contributed by atoms with E-state index in [1.165, 1.54) is 4.90 Å². The maximum Gasteiger partial charge on any atom is 0.255 e. The second-order valence-corrected chi connectivity index (χ2v) is 4.86. The van der Waals surface area contributed by atoms with Crippen LogP contribution in [0.15, 0.2) is 22.7 Å². The van der Waals surface area contributed by atoms with Gasteiger partial charge < -0.3 is 15.1 Å². The lowest BCUT2D eigenvalue weighted by atomic mass is 10.1. The Morgan fingerprint density at radius 3 is 2.56 bits per heavy atom. The van der Waals surface area contributed by atoms with Crippen LogP contribution in [-0.2, 0) is 0 Å². The van der Waals surface area contributed by atoms with Crippen molar-refractivity contribution in [3.63, 3.8) is 0 Å². The zero-order chi connectivity index (χ0) is 13.7. The van der Waals surface area contributed by atoms with Gasteiger partial charge in [-0.15, -0.1) is 0 Å². The first kappa shape index (κ1) is 15.3. The van der Waals surface area contributed by atoms with Gasteiger partial charge in [-0.2, -0.15) is 0 Å². The molecule has 0 saturated heterocycles. The first-order chi connectivity index (χ1) is 8.45. The fourth-order valence-electron chi connectivity index (χ4n) is 1.74. The van der Waals surface area contributed by atoms with Crippen LogP contribution < -0.4 is 4.90 Å². The topological polar surface area (TPSA) is 43.7 Å². The van der Waals surface area contributed by atoms with Crippen molar-refractivity contribution in [1.29, 1.82) is 0 Å². The largest absolute Gasteiger partial charge is 0.395 e. The predicted octanol–water partition coefficient (Wildman–Crippen LogP) is 2.57. The maximum absolute atomic E-state index is 12.5. The summed E-state index contributed by atoms with van der Waals surface area (Å²) in [5.41, 5.74) is 1.07. The summed E-state index contributed by atoms with van der Waals surface area (Å²) in [6.07, 6.45) is -3.26. The van der Waals surface area contributed by atoms with Crippen molar-refractivity contribution < 1.29 is 19.0 Å². The van der Waals surface area contributed by atoms with Crippen molar-refractivity contribution in [2.75, 3.05) is 24.6 Å². The molecular formula is C12H16BrF2NO2. The zero-order valence-corrected chi connectivity index (χ0v) is 11.6. The summed E-state index contributed by atoms with van der Waals surface area (Å²) in [7, 11) is 0. The van der Waals surface area contributed by atoms with Crippen LogP contribution in [-0.4, -0.2) is 36.3 Å². The lowest BCUT2D eigenvalue weighted by molar-refractivity contribution is 0.152. The summed E-state index contributed by atoms with van der Waals surface area (Å²) < 4.78 is 25.8. The van der Waals surface area contributed by atoms with Crippen molar-refractivity contribution in [2.45, 2.75) is 19.5 Å². The molecule has 0 aliphatic carbocycles. The van der Waals surface area contributed by atoms with Gasteiger partial charge in [0.1, 0.15) is 0 Å². The molecular weight excluding hydrogens is 308 g/mol. The average molecular weight is 324 g/mol. The van der Waals surface area contributed by atoms with E-state index in [0.717, 1.165) is 4.47 Å². The lowest BCUT2D eigenvalue weighted by Crippen LogP contribution is -2.32. The third kappa shape index (κ3) is 4.19. The maximum atomic E-state index is 12.5. The summed E-state index contributed by atoms with van der Waals surface area (Å²) in [4.78, 5) is 1.37. The van der Waals surface area contributed by atoms with Crippen LogP contribution in [0.5, 0.6) is 0 Å². The molecule has 0 radical (unpaired) electrons. The first-order valence-corrected chi connectivity index (χ1v) is 6.36.